The number of nitriles is 1. The van der Waals surface area contributed by atoms with Crippen molar-refractivity contribution in [3.05, 3.63) is 0 Å². The van der Waals surface area contributed by atoms with Crippen molar-refractivity contribution in [2.24, 2.45) is 10.8 Å². The highest BCUT2D eigenvalue weighted by Crippen LogP contribution is 2.20. The summed E-state index contributed by atoms with van der Waals surface area (Å²) in [6.07, 6.45) is 1.78. The molecule has 0 aliphatic heterocycles. The van der Waals surface area contributed by atoms with Gasteiger partial charge in [-0.05, 0) is 47.1 Å². The molecule has 0 saturated heterocycles. The summed E-state index contributed by atoms with van der Waals surface area (Å²) in [5.74, 6) is -0.206. The highest BCUT2D eigenvalue weighted by atomic mass is 16.5. The molecule has 0 rings (SSSR count). The van der Waals surface area contributed by atoms with Gasteiger partial charge in [-0.25, -0.2) is 0 Å². The Hall–Kier alpha value is -1.08. The average Bonchev–Trinajstić information content (AvgIpc) is 2.27. The van der Waals surface area contributed by atoms with E-state index in [1.807, 2.05) is 27.7 Å². The van der Waals surface area contributed by atoms with Crippen LogP contribution in [0.1, 0.15) is 40.5 Å². The topological polar surface area (TPSA) is 62.1 Å². The summed E-state index contributed by atoms with van der Waals surface area (Å²) < 4.78 is 4.72. The summed E-state index contributed by atoms with van der Waals surface area (Å²) in [5, 5.41) is 12.1. The Labute approximate surface area is 104 Å². The van der Waals surface area contributed by atoms with Gasteiger partial charge in [0.25, 0.3) is 0 Å². The predicted molar refractivity (Wildman–Crippen MR) is 67.3 cm³/mol. The summed E-state index contributed by atoms with van der Waals surface area (Å²) >= 11 is 0. The summed E-state index contributed by atoms with van der Waals surface area (Å²) in [6.45, 7) is 8.98. The minimum Gasteiger partial charge on any atom is -0.469 e. The summed E-state index contributed by atoms with van der Waals surface area (Å²) in [7, 11) is 1.40. The molecule has 4 nitrogen and oxygen atoms in total. The molecule has 0 aromatic rings. The van der Waals surface area contributed by atoms with Crippen LogP contribution in [-0.4, -0.2) is 26.2 Å². The second kappa shape index (κ2) is 6.61. The van der Waals surface area contributed by atoms with Crippen LogP contribution in [0, 0.1) is 22.2 Å². The highest BCUT2D eigenvalue weighted by molar-refractivity contribution is 5.76. The Morgan fingerprint density at radius 1 is 1.35 bits per heavy atom. The first-order valence-corrected chi connectivity index (χ1v) is 5.95. The monoisotopic (exact) mass is 240 g/mol. The maximum Gasteiger partial charge on any atom is 0.312 e. The molecule has 98 valence electrons. The van der Waals surface area contributed by atoms with Gasteiger partial charge in [-0.1, -0.05) is 0 Å². The molecule has 0 atom stereocenters. The molecule has 0 aromatic carbocycles. The van der Waals surface area contributed by atoms with Gasteiger partial charge < -0.3 is 10.1 Å². The molecular formula is C13H24N2O2. The van der Waals surface area contributed by atoms with E-state index in [-0.39, 0.29) is 11.4 Å². The zero-order valence-corrected chi connectivity index (χ0v) is 11.6. The van der Waals surface area contributed by atoms with Crippen LogP contribution in [0.4, 0.5) is 0 Å². The van der Waals surface area contributed by atoms with Crippen molar-refractivity contribution < 1.29 is 9.53 Å². The van der Waals surface area contributed by atoms with Crippen LogP contribution in [-0.2, 0) is 9.53 Å². The molecule has 0 fully saturated rings. The van der Waals surface area contributed by atoms with Gasteiger partial charge in [0.2, 0.25) is 0 Å². The highest BCUT2D eigenvalue weighted by Gasteiger charge is 2.28. The molecule has 0 aliphatic carbocycles. The second-order valence-electron chi connectivity index (χ2n) is 5.65. The number of nitrogens with one attached hydrogen (secondary N) is 1. The Kier molecular flexibility index (Phi) is 6.19. The fourth-order valence-electron chi connectivity index (χ4n) is 1.46. The fraction of sp³-hybridized carbons (Fsp3) is 0.846. The molecular weight excluding hydrogens is 216 g/mol. The maximum atomic E-state index is 11.4. The molecule has 17 heavy (non-hydrogen) atoms. The van der Waals surface area contributed by atoms with Gasteiger partial charge in [0.1, 0.15) is 0 Å². The van der Waals surface area contributed by atoms with Crippen LogP contribution in [0.25, 0.3) is 0 Å². The van der Waals surface area contributed by atoms with Crippen molar-refractivity contribution in [1.29, 1.82) is 5.26 Å². The molecule has 0 aromatic heterocycles. The van der Waals surface area contributed by atoms with E-state index in [4.69, 9.17) is 10.00 Å². The van der Waals surface area contributed by atoms with Crippen molar-refractivity contribution in [3.63, 3.8) is 0 Å². The van der Waals surface area contributed by atoms with Crippen LogP contribution >= 0.6 is 0 Å². The predicted octanol–water partition coefficient (Wildman–Crippen LogP) is 2.11. The number of hydrogen-bond donors (Lipinski definition) is 1. The molecule has 0 unspecified atom stereocenters. The number of ether oxygens (including phenoxy) is 1. The molecule has 0 radical (unpaired) electrons. The molecule has 0 aliphatic rings. The first-order chi connectivity index (χ1) is 7.75. The SMILES string of the molecule is COC(=O)C(C)(C)CNCCCC(C)(C)C#N. The smallest absolute Gasteiger partial charge is 0.312 e. The number of carbonyl (C=O) groups excluding carboxylic acids is 1. The minimum atomic E-state index is -0.500. The number of hydrogen-bond acceptors (Lipinski definition) is 4. The summed E-state index contributed by atoms with van der Waals surface area (Å²) in [6, 6.07) is 2.27. The Balaban J connectivity index is 3.80. The van der Waals surface area contributed by atoms with Gasteiger partial charge in [-0.3, -0.25) is 4.79 Å². The minimum absolute atomic E-state index is 0.206. The molecule has 0 heterocycles. The lowest BCUT2D eigenvalue weighted by Crippen LogP contribution is -2.37. The average molecular weight is 240 g/mol. The molecule has 0 saturated carbocycles. The third kappa shape index (κ3) is 6.28. The van der Waals surface area contributed by atoms with Crippen LogP contribution in [0.2, 0.25) is 0 Å². The van der Waals surface area contributed by atoms with Crippen molar-refractivity contribution in [3.8, 4) is 6.07 Å². The molecule has 0 amide bonds. The zero-order valence-electron chi connectivity index (χ0n) is 11.6. The number of methoxy groups -OCH3 is 1. The quantitative estimate of drug-likeness (QED) is 0.547. The van der Waals surface area contributed by atoms with Crippen molar-refractivity contribution >= 4 is 5.97 Å². The number of rotatable bonds is 7. The summed E-state index contributed by atoms with van der Waals surface area (Å²) in [5.41, 5.74) is -0.765. The van der Waals surface area contributed by atoms with E-state index in [0.29, 0.717) is 6.54 Å². The Morgan fingerprint density at radius 3 is 2.41 bits per heavy atom. The Bertz CT molecular complexity index is 290. The van der Waals surface area contributed by atoms with Crippen molar-refractivity contribution in [2.75, 3.05) is 20.2 Å². The van der Waals surface area contributed by atoms with E-state index in [0.717, 1.165) is 19.4 Å². The third-order valence-electron chi connectivity index (χ3n) is 2.76. The van der Waals surface area contributed by atoms with E-state index in [2.05, 4.69) is 11.4 Å². The van der Waals surface area contributed by atoms with Gasteiger partial charge in [0, 0.05) is 6.54 Å². The van der Waals surface area contributed by atoms with Gasteiger partial charge in [0.15, 0.2) is 0 Å². The van der Waals surface area contributed by atoms with Crippen molar-refractivity contribution in [1.82, 2.24) is 5.32 Å². The van der Waals surface area contributed by atoms with Gasteiger partial charge in [-0.15, -0.1) is 0 Å². The standard InChI is InChI=1S/C13H24N2O2/c1-12(2,9-14)7-6-8-15-10-13(3,4)11(16)17-5/h15H,6-8,10H2,1-5H3. The first-order valence-electron chi connectivity index (χ1n) is 5.95. The lowest BCUT2D eigenvalue weighted by atomic mass is 9.89. The Morgan fingerprint density at radius 2 is 1.94 bits per heavy atom. The maximum absolute atomic E-state index is 11.4. The second-order valence-corrected chi connectivity index (χ2v) is 5.65. The van der Waals surface area contributed by atoms with Crippen LogP contribution in [0.15, 0.2) is 0 Å². The van der Waals surface area contributed by atoms with Gasteiger partial charge in [0.05, 0.1) is 24.0 Å². The molecule has 0 spiro atoms. The molecule has 4 heteroatoms. The van der Waals surface area contributed by atoms with Crippen LogP contribution < -0.4 is 5.32 Å². The van der Waals surface area contributed by atoms with E-state index < -0.39 is 5.41 Å². The van der Waals surface area contributed by atoms with Gasteiger partial charge >= 0.3 is 5.97 Å². The lowest BCUT2D eigenvalue weighted by Gasteiger charge is -2.22. The van der Waals surface area contributed by atoms with E-state index in [9.17, 15) is 4.79 Å². The van der Waals surface area contributed by atoms with Crippen LogP contribution in [0.3, 0.4) is 0 Å². The number of nitrogens with zero attached hydrogens (tertiary/aromatic N) is 1. The van der Waals surface area contributed by atoms with E-state index in [1.54, 1.807) is 0 Å². The lowest BCUT2D eigenvalue weighted by molar-refractivity contribution is -0.150. The zero-order chi connectivity index (χ0) is 13.5. The normalized spacial score (nSPS) is 12.0. The van der Waals surface area contributed by atoms with E-state index >= 15 is 0 Å². The van der Waals surface area contributed by atoms with E-state index in [1.165, 1.54) is 7.11 Å². The molecule has 0 bridgehead atoms. The van der Waals surface area contributed by atoms with Gasteiger partial charge in [-0.2, -0.15) is 5.26 Å². The number of carbonyl (C=O) groups is 1. The van der Waals surface area contributed by atoms with Crippen molar-refractivity contribution in [2.45, 2.75) is 40.5 Å². The van der Waals surface area contributed by atoms with Crippen LogP contribution in [0.5, 0.6) is 0 Å². The molecule has 1 N–H and O–H groups in total. The summed E-state index contributed by atoms with van der Waals surface area (Å²) in [4.78, 5) is 11.4. The number of esters is 1. The largest absolute Gasteiger partial charge is 0.469 e. The fourth-order valence-corrected chi connectivity index (χ4v) is 1.46. The first kappa shape index (κ1) is 15.9. The third-order valence-corrected chi connectivity index (χ3v) is 2.76.